The highest BCUT2D eigenvalue weighted by atomic mass is 127. The molecular weight excluding hydrogens is 279 g/mol. The molecule has 0 unspecified atom stereocenters. The van der Waals surface area contributed by atoms with Crippen LogP contribution in [0.25, 0.3) is 0 Å². The van der Waals surface area contributed by atoms with Gasteiger partial charge in [0.25, 0.3) is 0 Å². The number of hydrogen-bond donors (Lipinski definition) is 2. The van der Waals surface area contributed by atoms with E-state index in [2.05, 4.69) is 11.8 Å². The van der Waals surface area contributed by atoms with Crippen LogP contribution in [-0.4, -0.2) is 48.5 Å². The highest BCUT2D eigenvalue weighted by Crippen LogP contribution is 2.00. The lowest BCUT2D eigenvalue weighted by Crippen LogP contribution is -2.50. The molecule has 5 heteroatoms. The van der Waals surface area contributed by atoms with E-state index in [-0.39, 0.29) is 29.9 Å². The Kier molecular flexibility index (Phi) is 6.40. The van der Waals surface area contributed by atoms with Gasteiger partial charge in [-0.2, -0.15) is 0 Å². The van der Waals surface area contributed by atoms with E-state index in [0.29, 0.717) is 0 Å². The average Bonchev–Trinajstić information content (AvgIpc) is 2.06. The van der Waals surface area contributed by atoms with Crippen LogP contribution >= 0.6 is 24.0 Å². The largest absolute Gasteiger partial charge is 0.370 e. The van der Waals surface area contributed by atoms with Crippen molar-refractivity contribution in [3.8, 4) is 0 Å². The second-order valence-corrected chi connectivity index (χ2v) is 3.21. The van der Waals surface area contributed by atoms with Gasteiger partial charge in [0.1, 0.15) is 0 Å². The lowest BCUT2D eigenvalue weighted by atomic mass is 10.3. The predicted octanol–water partition coefficient (Wildman–Crippen LogP) is 0.525. The first kappa shape index (κ1) is 13.0. The molecular formula is C8H19IN4. The maximum absolute atomic E-state index is 7.24. The fourth-order valence-corrected chi connectivity index (χ4v) is 1.53. The Morgan fingerprint density at radius 1 is 1.31 bits per heavy atom. The molecule has 0 bridgehead atoms. The van der Waals surface area contributed by atoms with Crippen molar-refractivity contribution in [3.63, 3.8) is 0 Å². The van der Waals surface area contributed by atoms with E-state index in [1.54, 1.807) is 0 Å². The average molecular weight is 298 g/mol. The van der Waals surface area contributed by atoms with Crippen LogP contribution in [0.5, 0.6) is 0 Å². The first-order valence-electron chi connectivity index (χ1n) is 4.55. The summed E-state index contributed by atoms with van der Waals surface area (Å²) in [6.07, 6.45) is 1.21. The normalized spacial score (nSPS) is 18.1. The maximum Gasteiger partial charge on any atom is 0.188 e. The molecule has 3 N–H and O–H groups in total. The molecule has 1 aliphatic heterocycles. The highest BCUT2D eigenvalue weighted by Gasteiger charge is 2.15. The zero-order chi connectivity index (χ0) is 8.97. The van der Waals surface area contributed by atoms with Crippen molar-refractivity contribution in [1.29, 1.82) is 5.41 Å². The number of piperazine rings is 1. The third-order valence-electron chi connectivity index (χ3n) is 2.25. The Balaban J connectivity index is 0.00000144. The van der Waals surface area contributed by atoms with E-state index in [9.17, 15) is 0 Å². The first-order valence-corrected chi connectivity index (χ1v) is 4.55. The molecule has 1 saturated heterocycles. The summed E-state index contributed by atoms with van der Waals surface area (Å²) in [7, 11) is 0. The van der Waals surface area contributed by atoms with Crippen molar-refractivity contribution in [3.05, 3.63) is 0 Å². The summed E-state index contributed by atoms with van der Waals surface area (Å²) in [6.45, 7) is 7.29. The molecule has 0 spiro atoms. The van der Waals surface area contributed by atoms with Gasteiger partial charge in [0.05, 0.1) is 0 Å². The predicted molar refractivity (Wildman–Crippen MR) is 65.6 cm³/mol. The van der Waals surface area contributed by atoms with Crippen LogP contribution in [0.2, 0.25) is 0 Å². The number of nitrogens with two attached hydrogens (primary N) is 1. The second kappa shape index (κ2) is 6.42. The molecule has 0 aromatic rings. The molecule has 0 radical (unpaired) electrons. The van der Waals surface area contributed by atoms with Crippen molar-refractivity contribution in [2.75, 3.05) is 32.7 Å². The van der Waals surface area contributed by atoms with Gasteiger partial charge in [-0.3, -0.25) is 10.3 Å². The van der Waals surface area contributed by atoms with Crippen LogP contribution in [0.4, 0.5) is 0 Å². The van der Waals surface area contributed by atoms with Crippen LogP contribution in [0.3, 0.4) is 0 Å². The fraction of sp³-hybridized carbons (Fsp3) is 0.875. The van der Waals surface area contributed by atoms with E-state index in [1.165, 1.54) is 13.0 Å². The van der Waals surface area contributed by atoms with Crippen LogP contribution in [-0.2, 0) is 0 Å². The van der Waals surface area contributed by atoms with Crippen molar-refractivity contribution in [1.82, 2.24) is 9.80 Å². The zero-order valence-corrected chi connectivity index (χ0v) is 10.5. The lowest BCUT2D eigenvalue weighted by Gasteiger charge is -2.34. The van der Waals surface area contributed by atoms with Gasteiger partial charge in [-0.25, -0.2) is 0 Å². The SMILES string of the molecule is CCCN1CCN(C(=N)N)CC1.I. The van der Waals surface area contributed by atoms with Crippen molar-refractivity contribution < 1.29 is 0 Å². The standard InChI is InChI=1S/C8H18N4.HI/c1-2-3-11-4-6-12(7-5-11)8(9)10;/h2-7H2,1H3,(H3,9,10);1H. The molecule has 4 nitrogen and oxygen atoms in total. The Hall–Kier alpha value is -0.0400. The van der Waals surface area contributed by atoms with E-state index in [4.69, 9.17) is 11.1 Å². The second-order valence-electron chi connectivity index (χ2n) is 3.21. The third-order valence-corrected chi connectivity index (χ3v) is 2.25. The maximum atomic E-state index is 7.24. The Morgan fingerprint density at radius 2 is 1.85 bits per heavy atom. The summed E-state index contributed by atoms with van der Waals surface area (Å²) in [5, 5.41) is 7.24. The Bertz CT molecular complexity index is 154. The minimum atomic E-state index is 0. The topological polar surface area (TPSA) is 56.4 Å². The van der Waals surface area contributed by atoms with E-state index >= 15 is 0 Å². The van der Waals surface area contributed by atoms with E-state index < -0.39 is 0 Å². The van der Waals surface area contributed by atoms with Crippen molar-refractivity contribution in [2.24, 2.45) is 5.73 Å². The van der Waals surface area contributed by atoms with Gasteiger partial charge in [-0.1, -0.05) is 6.92 Å². The Morgan fingerprint density at radius 3 is 2.23 bits per heavy atom. The van der Waals surface area contributed by atoms with Crippen LogP contribution in [0.15, 0.2) is 0 Å². The van der Waals surface area contributed by atoms with Gasteiger partial charge >= 0.3 is 0 Å². The summed E-state index contributed by atoms with van der Waals surface area (Å²) in [4.78, 5) is 4.34. The molecule has 1 rings (SSSR count). The summed E-state index contributed by atoms with van der Waals surface area (Å²) >= 11 is 0. The molecule has 1 aliphatic rings. The molecule has 0 saturated carbocycles. The van der Waals surface area contributed by atoms with Gasteiger partial charge in [-0.05, 0) is 13.0 Å². The summed E-state index contributed by atoms with van der Waals surface area (Å²) in [5.41, 5.74) is 5.38. The first-order chi connectivity index (χ1) is 5.74. The van der Waals surface area contributed by atoms with Crippen molar-refractivity contribution in [2.45, 2.75) is 13.3 Å². The molecule has 1 heterocycles. The third kappa shape index (κ3) is 4.12. The minimum Gasteiger partial charge on any atom is -0.370 e. The number of hydrogen-bond acceptors (Lipinski definition) is 2. The van der Waals surface area contributed by atoms with Gasteiger partial charge in [0, 0.05) is 26.2 Å². The van der Waals surface area contributed by atoms with Crippen LogP contribution in [0.1, 0.15) is 13.3 Å². The lowest BCUT2D eigenvalue weighted by molar-refractivity contribution is 0.181. The van der Waals surface area contributed by atoms with E-state index in [1.807, 2.05) is 4.90 Å². The van der Waals surface area contributed by atoms with Gasteiger partial charge in [-0.15, -0.1) is 24.0 Å². The zero-order valence-electron chi connectivity index (χ0n) is 8.12. The van der Waals surface area contributed by atoms with Crippen LogP contribution in [0, 0.1) is 5.41 Å². The molecule has 0 atom stereocenters. The number of rotatable bonds is 2. The quantitative estimate of drug-likeness (QED) is 0.444. The van der Waals surface area contributed by atoms with Gasteiger partial charge in [0.15, 0.2) is 5.96 Å². The minimum absolute atomic E-state index is 0. The molecule has 0 aromatic heterocycles. The molecule has 1 fully saturated rings. The number of halogens is 1. The molecule has 0 aliphatic carbocycles. The molecule has 78 valence electrons. The smallest absolute Gasteiger partial charge is 0.188 e. The molecule has 0 amide bonds. The highest BCUT2D eigenvalue weighted by molar-refractivity contribution is 14.0. The number of nitrogens with one attached hydrogen (secondary N) is 1. The van der Waals surface area contributed by atoms with Gasteiger partial charge in [0.2, 0.25) is 0 Å². The summed E-state index contributed by atoms with van der Waals surface area (Å²) < 4.78 is 0. The van der Waals surface area contributed by atoms with Crippen LogP contribution < -0.4 is 5.73 Å². The molecule has 13 heavy (non-hydrogen) atoms. The van der Waals surface area contributed by atoms with E-state index in [0.717, 1.165) is 26.2 Å². The van der Waals surface area contributed by atoms with Gasteiger partial charge < -0.3 is 10.6 Å². The Labute approximate surface area is 97.0 Å². The molecule has 0 aromatic carbocycles. The number of guanidine groups is 1. The fourth-order valence-electron chi connectivity index (χ4n) is 1.53. The monoisotopic (exact) mass is 298 g/mol. The number of nitrogens with zero attached hydrogens (tertiary/aromatic N) is 2. The summed E-state index contributed by atoms with van der Waals surface area (Å²) in [5.74, 6) is 0.214. The summed E-state index contributed by atoms with van der Waals surface area (Å²) in [6, 6.07) is 0. The van der Waals surface area contributed by atoms with Crippen molar-refractivity contribution >= 4 is 29.9 Å².